The van der Waals surface area contributed by atoms with E-state index in [0.717, 1.165) is 17.7 Å². The number of hydrogen-bond donors (Lipinski definition) is 2. The Bertz CT molecular complexity index is 924. The summed E-state index contributed by atoms with van der Waals surface area (Å²) in [6.07, 6.45) is 1.72. The topological polar surface area (TPSA) is 128 Å². The Kier molecular flexibility index (Phi) is 5.02. The van der Waals surface area contributed by atoms with E-state index < -0.39 is 26.1 Å². The number of non-ortho nitro benzene ring substituents is 1. The number of nitrogens with one attached hydrogen (secondary N) is 1. The van der Waals surface area contributed by atoms with Crippen molar-refractivity contribution < 1.29 is 27.9 Å². The smallest absolute Gasteiger partial charge is 0.269 e. The molecule has 1 heterocycles. The molecule has 2 saturated carbocycles. The first-order chi connectivity index (χ1) is 13.7. The van der Waals surface area contributed by atoms with Gasteiger partial charge in [-0.2, -0.15) is 0 Å². The molecule has 1 spiro atoms. The van der Waals surface area contributed by atoms with Gasteiger partial charge in [0.15, 0.2) is 5.79 Å². The fraction of sp³-hybridized carbons (Fsp3) is 0.579. The van der Waals surface area contributed by atoms with Crippen molar-refractivity contribution in [3.8, 4) is 0 Å². The molecule has 3 aliphatic rings. The van der Waals surface area contributed by atoms with E-state index in [2.05, 4.69) is 11.3 Å². The number of ether oxygens (including phenoxy) is 2. The van der Waals surface area contributed by atoms with Gasteiger partial charge in [-0.15, -0.1) is 0 Å². The highest BCUT2D eigenvalue weighted by Crippen LogP contribution is 2.61. The summed E-state index contributed by atoms with van der Waals surface area (Å²) in [5.74, 6) is -0.996. The van der Waals surface area contributed by atoms with Gasteiger partial charge in [0.05, 0.1) is 23.0 Å². The number of rotatable bonds is 6. The zero-order valence-corrected chi connectivity index (χ0v) is 16.7. The average Bonchev–Trinajstić information content (AvgIpc) is 3.28. The van der Waals surface area contributed by atoms with Crippen LogP contribution in [0.3, 0.4) is 0 Å². The Labute approximate surface area is 168 Å². The lowest BCUT2D eigenvalue weighted by Crippen LogP contribution is -2.52. The van der Waals surface area contributed by atoms with Crippen LogP contribution in [0.1, 0.15) is 19.3 Å². The van der Waals surface area contributed by atoms with Crippen molar-refractivity contribution in [2.75, 3.05) is 26.4 Å². The molecule has 1 saturated heterocycles. The summed E-state index contributed by atoms with van der Waals surface area (Å²) in [6, 6.07) is 4.73. The van der Waals surface area contributed by atoms with Crippen LogP contribution in [0.15, 0.2) is 41.3 Å². The van der Waals surface area contributed by atoms with Crippen LogP contribution < -0.4 is 4.72 Å². The molecule has 9 nitrogen and oxygen atoms in total. The van der Waals surface area contributed by atoms with E-state index in [1.165, 1.54) is 12.1 Å². The predicted octanol–water partition coefficient (Wildman–Crippen LogP) is 1.58. The molecule has 1 aliphatic heterocycles. The van der Waals surface area contributed by atoms with Crippen LogP contribution in [0.25, 0.3) is 0 Å². The van der Waals surface area contributed by atoms with E-state index >= 15 is 0 Å². The van der Waals surface area contributed by atoms with Crippen LogP contribution in [-0.2, 0) is 19.5 Å². The van der Waals surface area contributed by atoms with Crippen LogP contribution in [0.4, 0.5) is 5.69 Å². The zero-order chi connectivity index (χ0) is 20.9. The predicted molar refractivity (Wildman–Crippen MR) is 102 cm³/mol. The van der Waals surface area contributed by atoms with E-state index in [9.17, 15) is 23.6 Å². The summed E-state index contributed by atoms with van der Waals surface area (Å²) in [5, 5.41) is 20.9. The van der Waals surface area contributed by atoms with E-state index in [4.69, 9.17) is 9.47 Å². The van der Waals surface area contributed by atoms with E-state index in [1.54, 1.807) is 0 Å². The Morgan fingerprint density at radius 2 is 1.90 bits per heavy atom. The highest BCUT2D eigenvalue weighted by molar-refractivity contribution is 7.89. The van der Waals surface area contributed by atoms with Gasteiger partial charge in [0.1, 0.15) is 0 Å². The summed E-state index contributed by atoms with van der Waals surface area (Å²) < 4.78 is 39.9. The van der Waals surface area contributed by atoms with Crippen molar-refractivity contribution in [1.82, 2.24) is 4.72 Å². The van der Waals surface area contributed by atoms with Gasteiger partial charge >= 0.3 is 0 Å². The maximum absolute atomic E-state index is 12.7. The second kappa shape index (κ2) is 7.13. The average molecular weight is 424 g/mol. The molecule has 2 bridgehead atoms. The fourth-order valence-corrected chi connectivity index (χ4v) is 6.13. The van der Waals surface area contributed by atoms with Crippen molar-refractivity contribution in [2.24, 2.45) is 17.3 Å². The van der Waals surface area contributed by atoms with Crippen molar-refractivity contribution in [3.63, 3.8) is 0 Å². The van der Waals surface area contributed by atoms with Gasteiger partial charge in [0, 0.05) is 43.0 Å². The van der Waals surface area contributed by atoms with Gasteiger partial charge in [0.25, 0.3) is 5.69 Å². The molecule has 10 heteroatoms. The number of aliphatic hydroxyl groups is 1. The largest absolute Gasteiger partial charge is 0.396 e. The molecule has 2 N–H and O–H groups in total. The summed E-state index contributed by atoms with van der Waals surface area (Å²) in [6.45, 7) is 5.16. The second-order valence-corrected chi connectivity index (χ2v) is 9.89. The first-order valence-corrected chi connectivity index (χ1v) is 11.0. The fourth-order valence-electron chi connectivity index (χ4n) is 5.05. The molecule has 158 valence electrons. The zero-order valence-electron chi connectivity index (χ0n) is 15.9. The van der Waals surface area contributed by atoms with Gasteiger partial charge in [-0.3, -0.25) is 10.1 Å². The molecular formula is C19H24N2O7S. The maximum atomic E-state index is 12.7. The lowest BCUT2D eigenvalue weighted by atomic mass is 9.66. The maximum Gasteiger partial charge on any atom is 0.269 e. The Hall–Kier alpha value is -1.85. The van der Waals surface area contributed by atoms with E-state index in [0.29, 0.717) is 32.5 Å². The molecule has 3 atom stereocenters. The van der Waals surface area contributed by atoms with Gasteiger partial charge < -0.3 is 14.6 Å². The van der Waals surface area contributed by atoms with Crippen molar-refractivity contribution in [3.05, 3.63) is 46.5 Å². The number of aliphatic hydroxyl groups excluding tert-OH is 1. The number of nitro benzene ring substituents is 1. The molecule has 2 aliphatic carbocycles. The molecule has 1 aromatic rings. The minimum absolute atomic E-state index is 0.000297. The minimum atomic E-state index is -3.86. The Morgan fingerprint density at radius 1 is 1.24 bits per heavy atom. The SMILES string of the molecule is C=C1CC2(CO)CC1C1(CC2CNS(=O)(=O)c2ccc([N+](=O)[O-])cc2)OCCO1. The molecule has 29 heavy (non-hydrogen) atoms. The van der Waals surface area contributed by atoms with Gasteiger partial charge in [-0.05, 0) is 30.9 Å². The van der Waals surface area contributed by atoms with Crippen LogP contribution >= 0.6 is 0 Å². The number of benzene rings is 1. The Balaban J connectivity index is 1.54. The van der Waals surface area contributed by atoms with Gasteiger partial charge in [-0.25, -0.2) is 13.1 Å². The lowest BCUT2D eigenvalue weighted by molar-refractivity contribution is -0.384. The molecule has 0 aromatic heterocycles. The molecule has 4 rings (SSSR count). The third-order valence-corrected chi connectivity index (χ3v) is 8.02. The summed E-state index contributed by atoms with van der Waals surface area (Å²) in [7, 11) is -3.86. The number of fused-ring (bicyclic) bond motifs is 3. The normalized spacial score (nSPS) is 30.7. The number of nitro groups is 1. The summed E-state index contributed by atoms with van der Waals surface area (Å²) >= 11 is 0. The highest BCUT2D eigenvalue weighted by atomic mass is 32.2. The summed E-state index contributed by atoms with van der Waals surface area (Å²) in [4.78, 5) is 10.1. The molecule has 3 fully saturated rings. The molecule has 0 amide bonds. The quantitative estimate of drug-likeness (QED) is 0.403. The first kappa shape index (κ1) is 20.4. The standard InChI is InChI=1S/C19H24N2O7S/c1-13-8-18(12-22)10-17(13)19(27-6-7-28-19)9-14(18)11-20-29(25,26)16-4-2-15(3-5-16)21(23)24/h2-5,14,17,20,22H,1,6-12H2. The van der Waals surface area contributed by atoms with Crippen molar-refractivity contribution in [2.45, 2.75) is 29.9 Å². The third-order valence-electron chi connectivity index (χ3n) is 6.58. The van der Waals surface area contributed by atoms with E-state index in [1.807, 2.05) is 0 Å². The van der Waals surface area contributed by atoms with Gasteiger partial charge in [-0.1, -0.05) is 12.2 Å². The van der Waals surface area contributed by atoms with Crippen LogP contribution in [-0.4, -0.2) is 50.6 Å². The molecule has 3 unspecified atom stereocenters. The molecule has 0 radical (unpaired) electrons. The summed E-state index contributed by atoms with van der Waals surface area (Å²) in [5.41, 5.74) is 0.338. The highest BCUT2D eigenvalue weighted by Gasteiger charge is 2.62. The van der Waals surface area contributed by atoms with Crippen LogP contribution in [0.5, 0.6) is 0 Å². The van der Waals surface area contributed by atoms with Crippen molar-refractivity contribution in [1.29, 1.82) is 0 Å². The third kappa shape index (κ3) is 3.38. The minimum Gasteiger partial charge on any atom is -0.396 e. The first-order valence-electron chi connectivity index (χ1n) is 9.52. The van der Waals surface area contributed by atoms with Crippen LogP contribution in [0, 0.1) is 27.4 Å². The number of hydrogen-bond acceptors (Lipinski definition) is 7. The lowest BCUT2D eigenvalue weighted by Gasteiger charge is -2.47. The Morgan fingerprint density at radius 3 is 2.48 bits per heavy atom. The van der Waals surface area contributed by atoms with Crippen molar-refractivity contribution >= 4 is 15.7 Å². The molecule has 1 aromatic carbocycles. The number of nitrogens with zero attached hydrogens (tertiary/aromatic N) is 1. The second-order valence-electron chi connectivity index (χ2n) is 8.12. The van der Waals surface area contributed by atoms with Gasteiger partial charge in [0.2, 0.25) is 10.0 Å². The molecular weight excluding hydrogens is 400 g/mol. The number of sulfonamides is 1. The van der Waals surface area contributed by atoms with E-state index in [-0.39, 0.29) is 35.6 Å². The van der Waals surface area contributed by atoms with Crippen LogP contribution in [0.2, 0.25) is 0 Å². The monoisotopic (exact) mass is 424 g/mol.